The van der Waals surface area contributed by atoms with Crippen LogP contribution in [0.4, 0.5) is 0 Å². The van der Waals surface area contributed by atoms with E-state index in [1.807, 2.05) is 6.07 Å². The summed E-state index contributed by atoms with van der Waals surface area (Å²) in [5, 5.41) is 42.7. The molecule has 2 aromatic carbocycles. The molecule has 0 radical (unpaired) electrons. The van der Waals surface area contributed by atoms with Crippen LogP contribution in [0.1, 0.15) is 5.56 Å². The lowest BCUT2D eigenvalue weighted by Gasteiger charge is -2.39. The summed E-state index contributed by atoms with van der Waals surface area (Å²) in [6.45, 7) is -0.713. The Morgan fingerprint density at radius 1 is 1.00 bits per heavy atom. The molecule has 1 heterocycles. The minimum Gasteiger partial charge on any atom is -0.484 e. The summed E-state index contributed by atoms with van der Waals surface area (Å²) < 4.78 is 16.1. The summed E-state index contributed by atoms with van der Waals surface area (Å²) >= 11 is 0. The van der Waals surface area contributed by atoms with Crippen molar-refractivity contribution in [3.63, 3.8) is 0 Å². The van der Waals surface area contributed by atoms with Gasteiger partial charge in [-0.3, -0.25) is 4.79 Å². The number of nitrogens with one attached hydrogen (secondary N) is 1. The third-order valence-electron chi connectivity index (χ3n) is 4.50. The fourth-order valence-corrected chi connectivity index (χ4v) is 2.81. The summed E-state index contributed by atoms with van der Waals surface area (Å²) in [6.07, 6.45) is -5.35. The van der Waals surface area contributed by atoms with Crippen molar-refractivity contribution in [2.45, 2.75) is 30.7 Å². The van der Waals surface area contributed by atoms with Gasteiger partial charge in [0.05, 0.1) is 12.8 Å². The van der Waals surface area contributed by atoms with Crippen molar-refractivity contribution in [3.8, 4) is 11.5 Å². The van der Waals surface area contributed by atoms with Gasteiger partial charge in [0.15, 0.2) is 6.61 Å². The Kier molecular flexibility index (Phi) is 7.93. The van der Waals surface area contributed by atoms with E-state index in [1.165, 1.54) is 6.21 Å². The number of aliphatic hydroxyl groups is 4. The average molecular weight is 432 g/mol. The van der Waals surface area contributed by atoms with Gasteiger partial charge in [-0.05, 0) is 42.0 Å². The Bertz CT molecular complexity index is 859. The van der Waals surface area contributed by atoms with Gasteiger partial charge in [-0.25, -0.2) is 5.43 Å². The van der Waals surface area contributed by atoms with Crippen molar-refractivity contribution in [1.82, 2.24) is 5.43 Å². The van der Waals surface area contributed by atoms with E-state index < -0.39 is 43.2 Å². The molecule has 5 atom stereocenters. The molecule has 0 aromatic heterocycles. The van der Waals surface area contributed by atoms with E-state index in [4.69, 9.17) is 14.2 Å². The highest BCUT2D eigenvalue weighted by atomic mass is 16.7. The van der Waals surface area contributed by atoms with Crippen molar-refractivity contribution < 1.29 is 39.4 Å². The summed E-state index contributed by atoms with van der Waals surface area (Å²) in [4.78, 5) is 11.8. The third-order valence-corrected chi connectivity index (χ3v) is 4.50. The second kappa shape index (κ2) is 10.8. The molecule has 0 aliphatic carbocycles. The quantitative estimate of drug-likeness (QED) is 0.274. The Hall–Kier alpha value is -3.02. The van der Waals surface area contributed by atoms with E-state index in [0.717, 1.165) is 0 Å². The molecule has 1 fully saturated rings. The number of carbonyl (C=O) groups excluding carboxylic acids is 1. The number of aliphatic hydroxyl groups excluding tert-OH is 4. The van der Waals surface area contributed by atoms with Crippen LogP contribution in [-0.4, -0.2) is 76.5 Å². The summed E-state index contributed by atoms with van der Waals surface area (Å²) in [5.41, 5.74) is 3.01. The fraction of sp³-hybridized carbons (Fsp3) is 0.333. The third kappa shape index (κ3) is 6.23. The van der Waals surface area contributed by atoms with Crippen LogP contribution in [0.15, 0.2) is 59.7 Å². The van der Waals surface area contributed by atoms with Crippen LogP contribution in [0.2, 0.25) is 0 Å². The maximum Gasteiger partial charge on any atom is 0.277 e. The molecule has 1 saturated heterocycles. The first-order valence-electron chi connectivity index (χ1n) is 9.55. The van der Waals surface area contributed by atoms with Crippen LogP contribution < -0.4 is 14.9 Å². The molecule has 10 heteroatoms. The number of amides is 1. The zero-order chi connectivity index (χ0) is 22.2. The van der Waals surface area contributed by atoms with E-state index in [1.54, 1.807) is 48.5 Å². The summed E-state index contributed by atoms with van der Waals surface area (Å²) in [6, 6.07) is 15.4. The Morgan fingerprint density at radius 2 is 1.71 bits per heavy atom. The van der Waals surface area contributed by atoms with Crippen LogP contribution in [0.25, 0.3) is 0 Å². The lowest BCUT2D eigenvalue weighted by Crippen LogP contribution is -2.60. The molecule has 0 saturated carbocycles. The second-order valence-corrected chi connectivity index (χ2v) is 6.78. The molecule has 10 nitrogen and oxygen atoms in total. The molecule has 3 rings (SSSR count). The maximum absolute atomic E-state index is 11.8. The van der Waals surface area contributed by atoms with Crippen LogP contribution in [0.3, 0.4) is 0 Å². The standard InChI is InChI=1S/C21H24N2O8/c24-11-16-18(26)19(27)20(28)21(31-16)30-15-8-6-13(7-9-15)10-22-23-17(25)12-29-14-4-2-1-3-5-14/h1-10,16,18-21,24,26-28H,11-12H2,(H,23,25)/t16-,18-,19+,20-,21-/m1/s1. The number of hydrogen-bond acceptors (Lipinski definition) is 9. The number of carbonyl (C=O) groups is 1. The maximum atomic E-state index is 11.8. The predicted octanol–water partition coefficient (Wildman–Crippen LogP) is -0.606. The highest BCUT2D eigenvalue weighted by Crippen LogP contribution is 2.24. The number of hydrazone groups is 1. The predicted molar refractivity (Wildman–Crippen MR) is 109 cm³/mol. The highest BCUT2D eigenvalue weighted by molar-refractivity contribution is 5.83. The zero-order valence-electron chi connectivity index (χ0n) is 16.4. The lowest BCUT2D eigenvalue weighted by atomic mass is 9.99. The molecule has 0 bridgehead atoms. The first-order chi connectivity index (χ1) is 15.0. The van der Waals surface area contributed by atoms with Gasteiger partial charge in [0.1, 0.15) is 35.9 Å². The normalized spacial score (nSPS) is 25.9. The van der Waals surface area contributed by atoms with Crippen molar-refractivity contribution in [3.05, 3.63) is 60.2 Å². The van der Waals surface area contributed by atoms with Gasteiger partial charge < -0.3 is 34.6 Å². The first kappa shape index (κ1) is 22.7. The number of nitrogens with zero attached hydrogens (tertiary/aromatic N) is 1. The van der Waals surface area contributed by atoms with Crippen LogP contribution in [0, 0.1) is 0 Å². The van der Waals surface area contributed by atoms with E-state index in [9.17, 15) is 25.2 Å². The minimum atomic E-state index is -1.52. The zero-order valence-corrected chi connectivity index (χ0v) is 16.4. The number of para-hydroxylation sites is 1. The number of ether oxygens (including phenoxy) is 3. The SMILES string of the molecule is O=C(COc1ccccc1)NN=Cc1ccc(O[C@@H]2O[C@H](CO)[C@@H](O)[C@H](O)[C@H]2O)cc1. The number of hydrogen-bond donors (Lipinski definition) is 5. The molecule has 166 valence electrons. The minimum absolute atomic E-state index is 0.173. The van der Waals surface area contributed by atoms with Crippen LogP contribution in [-0.2, 0) is 9.53 Å². The van der Waals surface area contributed by atoms with Crippen molar-refractivity contribution in [2.75, 3.05) is 13.2 Å². The van der Waals surface area contributed by atoms with Gasteiger partial charge in [-0.2, -0.15) is 5.10 Å². The van der Waals surface area contributed by atoms with Crippen LogP contribution in [0.5, 0.6) is 11.5 Å². The molecule has 2 aromatic rings. The van der Waals surface area contributed by atoms with Gasteiger partial charge in [0.2, 0.25) is 6.29 Å². The highest BCUT2D eigenvalue weighted by Gasteiger charge is 2.44. The van der Waals surface area contributed by atoms with Gasteiger partial charge in [0.25, 0.3) is 5.91 Å². The smallest absolute Gasteiger partial charge is 0.277 e. The van der Waals surface area contributed by atoms with E-state index in [0.29, 0.717) is 17.1 Å². The Balaban J connectivity index is 1.48. The van der Waals surface area contributed by atoms with E-state index >= 15 is 0 Å². The first-order valence-corrected chi connectivity index (χ1v) is 9.55. The van der Waals surface area contributed by atoms with Crippen LogP contribution >= 0.6 is 0 Å². The van der Waals surface area contributed by atoms with Gasteiger partial charge >= 0.3 is 0 Å². The summed E-state index contributed by atoms with van der Waals surface area (Å²) in [5.74, 6) is 0.487. The molecular weight excluding hydrogens is 408 g/mol. The largest absolute Gasteiger partial charge is 0.484 e. The Morgan fingerprint density at radius 3 is 2.39 bits per heavy atom. The van der Waals surface area contributed by atoms with Crippen molar-refractivity contribution >= 4 is 12.1 Å². The molecule has 5 N–H and O–H groups in total. The molecule has 0 unspecified atom stereocenters. The number of benzene rings is 2. The molecule has 0 spiro atoms. The van der Waals surface area contributed by atoms with Crippen molar-refractivity contribution in [1.29, 1.82) is 0 Å². The topological polar surface area (TPSA) is 150 Å². The molecular formula is C21H24N2O8. The molecule has 31 heavy (non-hydrogen) atoms. The lowest BCUT2D eigenvalue weighted by molar-refractivity contribution is -0.277. The Labute approximate surface area is 178 Å². The van der Waals surface area contributed by atoms with E-state index in [2.05, 4.69) is 10.5 Å². The monoisotopic (exact) mass is 432 g/mol. The van der Waals surface area contributed by atoms with Gasteiger partial charge in [-0.15, -0.1) is 0 Å². The molecule has 1 amide bonds. The fourth-order valence-electron chi connectivity index (χ4n) is 2.81. The van der Waals surface area contributed by atoms with Crippen molar-refractivity contribution in [2.24, 2.45) is 5.10 Å². The second-order valence-electron chi connectivity index (χ2n) is 6.78. The molecule has 1 aliphatic rings. The number of rotatable bonds is 8. The molecule has 1 aliphatic heterocycles. The summed E-state index contributed by atoms with van der Waals surface area (Å²) in [7, 11) is 0. The van der Waals surface area contributed by atoms with Gasteiger partial charge in [0, 0.05) is 0 Å². The van der Waals surface area contributed by atoms with E-state index in [-0.39, 0.29) is 6.61 Å². The van der Waals surface area contributed by atoms with Gasteiger partial charge in [-0.1, -0.05) is 18.2 Å². The average Bonchev–Trinajstić information content (AvgIpc) is 2.80.